The van der Waals surface area contributed by atoms with Gasteiger partial charge in [-0.05, 0) is 68.5 Å². The number of halogens is 1. The zero-order valence-electron chi connectivity index (χ0n) is 19.8. The summed E-state index contributed by atoms with van der Waals surface area (Å²) in [7, 11) is 5.56. The van der Waals surface area contributed by atoms with Crippen molar-refractivity contribution in [2.24, 2.45) is 7.05 Å². The Morgan fingerprint density at radius 2 is 1.68 bits per heavy atom. The van der Waals surface area contributed by atoms with E-state index in [0.717, 1.165) is 36.9 Å². The van der Waals surface area contributed by atoms with Crippen molar-refractivity contribution in [1.29, 1.82) is 10.5 Å². The van der Waals surface area contributed by atoms with Crippen LogP contribution in [0.25, 0.3) is 11.0 Å². The molecule has 1 saturated carbocycles. The van der Waals surface area contributed by atoms with Crippen LogP contribution >= 0.6 is 0 Å². The summed E-state index contributed by atoms with van der Waals surface area (Å²) < 4.78 is 14.9. The van der Waals surface area contributed by atoms with E-state index in [0.29, 0.717) is 22.8 Å². The highest BCUT2D eigenvalue weighted by atomic mass is 19.1. The Labute approximate surface area is 198 Å². The molecule has 4 rings (SSSR count). The number of fused-ring (bicyclic) bond motifs is 1. The normalized spacial score (nSPS) is 17.7. The highest BCUT2D eigenvalue weighted by Crippen LogP contribution is 2.34. The molecule has 34 heavy (non-hydrogen) atoms. The van der Waals surface area contributed by atoms with Crippen molar-refractivity contribution in [2.45, 2.75) is 44.7 Å². The van der Waals surface area contributed by atoms with E-state index in [2.05, 4.69) is 16.0 Å². The number of hydrogen-bond acceptors (Lipinski definition) is 6. The van der Waals surface area contributed by atoms with Crippen LogP contribution in [0.2, 0.25) is 0 Å². The van der Waals surface area contributed by atoms with Crippen LogP contribution in [0.15, 0.2) is 35.1 Å². The van der Waals surface area contributed by atoms with Crippen molar-refractivity contribution in [2.75, 3.05) is 23.9 Å². The number of hydrogen-bond donors (Lipinski definition) is 0. The number of aryl methyl sites for hydroxylation is 2. The van der Waals surface area contributed by atoms with E-state index in [-0.39, 0.29) is 28.7 Å². The maximum atomic E-state index is 13.5. The van der Waals surface area contributed by atoms with Crippen molar-refractivity contribution in [1.82, 2.24) is 9.55 Å². The fourth-order valence-corrected chi connectivity index (χ4v) is 5.13. The molecule has 0 unspecified atom stereocenters. The van der Waals surface area contributed by atoms with E-state index in [1.54, 1.807) is 25.2 Å². The Kier molecular flexibility index (Phi) is 6.26. The Morgan fingerprint density at radius 1 is 1.03 bits per heavy atom. The molecule has 0 N–H and O–H groups in total. The Morgan fingerprint density at radius 3 is 2.26 bits per heavy atom. The van der Waals surface area contributed by atoms with Gasteiger partial charge in [0.2, 0.25) is 0 Å². The molecule has 0 amide bonds. The molecule has 1 aromatic carbocycles. The summed E-state index contributed by atoms with van der Waals surface area (Å²) >= 11 is 0. The smallest absolute Gasteiger partial charge is 0.270 e. The second-order valence-corrected chi connectivity index (χ2v) is 8.99. The predicted octanol–water partition coefficient (Wildman–Crippen LogP) is 4.01. The third-order valence-corrected chi connectivity index (χ3v) is 7.09. The lowest BCUT2D eigenvalue weighted by atomic mass is 9.88. The monoisotopic (exact) mass is 458 g/mol. The first kappa shape index (κ1) is 23.3. The molecule has 0 saturated heterocycles. The summed E-state index contributed by atoms with van der Waals surface area (Å²) in [6, 6.07) is 12.7. The molecule has 1 aliphatic carbocycles. The topological polar surface area (TPSA) is 89.0 Å². The molecule has 0 atom stereocenters. The third-order valence-electron chi connectivity index (χ3n) is 7.09. The van der Waals surface area contributed by atoms with E-state index in [4.69, 9.17) is 0 Å². The van der Waals surface area contributed by atoms with E-state index >= 15 is 0 Å². The lowest BCUT2D eigenvalue weighted by Crippen LogP contribution is -2.43. The second-order valence-electron chi connectivity index (χ2n) is 8.99. The van der Waals surface area contributed by atoms with Gasteiger partial charge in [-0.3, -0.25) is 4.79 Å². The minimum Gasteiger partial charge on any atom is -0.371 e. The number of nitriles is 2. The number of benzene rings is 1. The molecule has 174 valence electrons. The van der Waals surface area contributed by atoms with Crippen molar-refractivity contribution >= 4 is 22.4 Å². The lowest BCUT2D eigenvalue weighted by molar-refractivity contribution is 0.376. The molecule has 0 radical (unpaired) electrons. The zero-order chi connectivity index (χ0) is 24.6. The SMILES string of the molecule is Cc1cc(F)ccc1N(C)[C@H]1CC[C@@H](N(C)c2c(C#N)c(=O)n(C)c3ccc(C#N)nc23)CC1. The van der Waals surface area contributed by atoms with Crippen molar-refractivity contribution in [3.8, 4) is 12.1 Å². The number of aromatic nitrogens is 2. The molecule has 0 aliphatic heterocycles. The molecule has 8 heteroatoms. The van der Waals surface area contributed by atoms with Gasteiger partial charge in [0.15, 0.2) is 0 Å². The van der Waals surface area contributed by atoms with Gasteiger partial charge < -0.3 is 14.4 Å². The summed E-state index contributed by atoms with van der Waals surface area (Å²) in [5.74, 6) is -0.234. The maximum absolute atomic E-state index is 13.5. The van der Waals surface area contributed by atoms with Gasteiger partial charge in [-0.1, -0.05) is 0 Å². The van der Waals surface area contributed by atoms with Gasteiger partial charge in [0.1, 0.15) is 34.7 Å². The number of pyridine rings is 2. The molecule has 2 heterocycles. The Bertz CT molecular complexity index is 1390. The quantitative estimate of drug-likeness (QED) is 0.587. The molecular weight excluding hydrogens is 431 g/mol. The predicted molar refractivity (Wildman–Crippen MR) is 130 cm³/mol. The van der Waals surface area contributed by atoms with Gasteiger partial charge in [-0.15, -0.1) is 0 Å². The van der Waals surface area contributed by atoms with Gasteiger partial charge in [-0.25, -0.2) is 9.37 Å². The van der Waals surface area contributed by atoms with Crippen molar-refractivity contribution < 1.29 is 4.39 Å². The maximum Gasteiger partial charge on any atom is 0.270 e. The molecule has 0 bridgehead atoms. The van der Waals surface area contributed by atoms with Crippen LogP contribution in [-0.2, 0) is 7.05 Å². The highest BCUT2D eigenvalue weighted by molar-refractivity contribution is 5.92. The molecule has 7 nitrogen and oxygen atoms in total. The molecular formula is C26H27FN6O. The molecule has 1 fully saturated rings. The van der Waals surface area contributed by atoms with Crippen LogP contribution in [0.1, 0.15) is 42.5 Å². The minimum absolute atomic E-state index is 0.0428. The summed E-state index contributed by atoms with van der Waals surface area (Å²) in [6.45, 7) is 1.92. The number of nitrogens with zero attached hydrogens (tertiary/aromatic N) is 6. The fraction of sp³-hybridized carbons (Fsp3) is 0.385. The van der Waals surface area contributed by atoms with Gasteiger partial charge in [0.05, 0.1) is 11.2 Å². The number of anilines is 2. The van der Waals surface area contributed by atoms with Gasteiger partial charge >= 0.3 is 0 Å². The molecule has 0 spiro atoms. The van der Waals surface area contributed by atoms with Crippen LogP contribution in [-0.4, -0.2) is 35.7 Å². The third kappa shape index (κ3) is 3.97. The molecule has 3 aromatic rings. The largest absolute Gasteiger partial charge is 0.371 e. The summed E-state index contributed by atoms with van der Waals surface area (Å²) in [4.78, 5) is 21.6. The minimum atomic E-state index is -0.372. The van der Waals surface area contributed by atoms with Crippen LogP contribution in [0.3, 0.4) is 0 Å². The Hall–Kier alpha value is -3.91. The highest BCUT2D eigenvalue weighted by Gasteiger charge is 2.30. The molecule has 2 aromatic heterocycles. The van der Waals surface area contributed by atoms with Gasteiger partial charge in [0, 0.05) is 38.9 Å². The fourth-order valence-electron chi connectivity index (χ4n) is 5.13. The zero-order valence-corrected chi connectivity index (χ0v) is 19.8. The van der Waals surface area contributed by atoms with Gasteiger partial charge in [0.25, 0.3) is 5.56 Å². The van der Waals surface area contributed by atoms with Crippen molar-refractivity contribution in [3.05, 3.63) is 63.3 Å². The first-order valence-electron chi connectivity index (χ1n) is 11.3. The Balaban J connectivity index is 1.63. The summed E-state index contributed by atoms with van der Waals surface area (Å²) in [5.41, 5.74) is 3.41. The van der Waals surface area contributed by atoms with Crippen LogP contribution < -0.4 is 15.4 Å². The standard InChI is InChI=1S/C26H27FN6O/c1-16-13-17(27)5-11-22(16)31(2)19-7-9-20(10-8-19)32(3)25-21(15-29)26(34)33(4)23-12-6-18(14-28)30-24(23)25/h5-6,11-13,19-20H,7-10H2,1-4H3/t19-,20+. The van der Waals surface area contributed by atoms with Crippen LogP contribution in [0, 0.1) is 35.4 Å². The number of rotatable bonds is 4. The van der Waals surface area contributed by atoms with E-state index < -0.39 is 0 Å². The summed E-state index contributed by atoms with van der Waals surface area (Å²) in [6.07, 6.45) is 3.57. The summed E-state index contributed by atoms with van der Waals surface area (Å²) in [5, 5.41) is 19.2. The van der Waals surface area contributed by atoms with Crippen LogP contribution in [0.4, 0.5) is 15.8 Å². The average Bonchev–Trinajstić information content (AvgIpc) is 2.85. The van der Waals surface area contributed by atoms with Crippen LogP contribution in [0.5, 0.6) is 0 Å². The molecule has 1 aliphatic rings. The lowest BCUT2D eigenvalue weighted by Gasteiger charge is -2.40. The van der Waals surface area contributed by atoms with E-state index in [9.17, 15) is 19.7 Å². The van der Waals surface area contributed by atoms with E-state index in [1.807, 2.05) is 38.1 Å². The average molecular weight is 459 g/mol. The van der Waals surface area contributed by atoms with Gasteiger partial charge in [-0.2, -0.15) is 10.5 Å². The second kappa shape index (κ2) is 9.15. The van der Waals surface area contributed by atoms with Crippen molar-refractivity contribution in [3.63, 3.8) is 0 Å². The van der Waals surface area contributed by atoms with E-state index in [1.165, 1.54) is 10.6 Å². The first-order valence-corrected chi connectivity index (χ1v) is 11.3. The first-order chi connectivity index (χ1) is 16.3.